The van der Waals surface area contributed by atoms with E-state index in [1.54, 1.807) is 0 Å². The van der Waals surface area contributed by atoms with Crippen LogP contribution >= 0.6 is 0 Å². The Balaban J connectivity index is 1.12. The summed E-state index contributed by atoms with van der Waals surface area (Å²) in [5.41, 5.74) is 5.35. The third-order valence-electron chi connectivity index (χ3n) is 9.60. The Hall–Kier alpha value is -3.27. The highest BCUT2D eigenvalue weighted by molar-refractivity contribution is 5.82. The van der Waals surface area contributed by atoms with Crippen LogP contribution in [0.3, 0.4) is 0 Å². The summed E-state index contributed by atoms with van der Waals surface area (Å²) in [4.78, 5) is 20.8. The highest BCUT2D eigenvalue weighted by atomic mass is 16.3. The minimum atomic E-state index is -0.782. The SMILES string of the molecule is OC1CCC(N2c3nc(NCC4CCC4)ncc3-c3ccc(CN4CCN(c5ccncc5)CC4)cc3C2O)CC1. The van der Waals surface area contributed by atoms with Crippen molar-refractivity contribution in [3.8, 4) is 11.1 Å². The van der Waals surface area contributed by atoms with Crippen molar-refractivity contribution < 1.29 is 10.2 Å². The predicted molar refractivity (Wildman–Crippen MR) is 161 cm³/mol. The summed E-state index contributed by atoms with van der Waals surface area (Å²) in [5, 5.41) is 25.5. The lowest BCUT2D eigenvalue weighted by atomic mass is 9.85. The Morgan fingerprint density at radius 3 is 2.39 bits per heavy atom. The molecule has 1 saturated heterocycles. The van der Waals surface area contributed by atoms with Gasteiger partial charge in [0.25, 0.3) is 0 Å². The second kappa shape index (κ2) is 11.5. The van der Waals surface area contributed by atoms with E-state index in [2.05, 4.69) is 55.3 Å². The standard InChI is InChI=1S/C32H41N7O2/c40-26-7-5-25(6-8-26)39-30-29(20-35-32(36-30)34-19-22-2-1-3-22)27-9-4-23(18-28(27)31(39)41)21-37-14-16-38(17-15-37)24-10-12-33-13-11-24/h4,9-13,18,20,22,25-26,31,40-41H,1-3,5-8,14-17,19,21H2,(H,34,35,36). The number of aromatic nitrogens is 3. The molecule has 9 nitrogen and oxygen atoms in total. The zero-order valence-corrected chi connectivity index (χ0v) is 23.7. The molecule has 7 rings (SSSR count). The fraction of sp³-hybridized carbons (Fsp3) is 0.531. The summed E-state index contributed by atoms with van der Waals surface area (Å²) in [5.74, 6) is 2.14. The molecule has 41 heavy (non-hydrogen) atoms. The first-order chi connectivity index (χ1) is 20.1. The predicted octanol–water partition coefficient (Wildman–Crippen LogP) is 4.19. The maximum absolute atomic E-state index is 11.9. The lowest BCUT2D eigenvalue weighted by Crippen LogP contribution is -2.46. The van der Waals surface area contributed by atoms with Gasteiger partial charge in [0.05, 0.1) is 6.10 Å². The normalized spacial score (nSPS) is 24.9. The average Bonchev–Trinajstić information content (AvgIpc) is 2.98. The molecule has 2 aromatic heterocycles. The van der Waals surface area contributed by atoms with E-state index in [9.17, 15) is 10.2 Å². The Labute approximate surface area is 242 Å². The molecule has 2 aliphatic heterocycles. The quantitative estimate of drug-likeness (QED) is 0.396. The number of piperazine rings is 1. The van der Waals surface area contributed by atoms with Crippen molar-refractivity contribution in [3.63, 3.8) is 0 Å². The average molecular weight is 556 g/mol. The van der Waals surface area contributed by atoms with Crippen molar-refractivity contribution in [3.05, 3.63) is 60.0 Å². The number of benzene rings is 1. The van der Waals surface area contributed by atoms with Crippen LogP contribution in [-0.4, -0.2) is 74.9 Å². The first kappa shape index (κ1) is 26.6. The molecule has 1 atom stereocenters. The van der Waals surface area contributed by atoms with E-state index in [4.69, 9.17) is 9.97 Å². The lowest BCUT2D eigenvalue weighted by Gasteiger charge is -2.43. The molecule has 1 aromatic carbocycles. The monoisotopic (exact) mass is 555 g/mol. The van der Waals surface area contributed by atoms with Crippen LogP contribution in [-0.2, 0) is 6.54 Å². The fourth-order valence-corrected chi connectivity index (χ4v) is 6.90. The largest absolute Gasteiger partial charge is 0.393 e. The number of aliphatic hydroxyl groups is 2. The Kier molecular flexibility index (Phi) is 7.50. The molecule has 4 heterocycles. The van der Waals surface area contributed by atoms with E-state index in [0.29, 0.717) is 11.9 Å². The summed E-state index contributed by atoms with van der Waals surface area (Å²) in [6.45, 7) is 5.71. The third kappa shape index (κ3) is 5.50. The molecule has 3 aromatic rings. The Morgan fingerprint density at radius 1 is 0.878 bits per heavy atom. The van der Waals surface area contributed by atoms with Crippen LogP contribution < -0.4 is 15.1 Å². The maximum Gasteiger partial charge on any atom is 0.224 e. The molecule has 2 aliphatic carbocycles. The fourth-order valence-electron chi connectivity index (χ4n) is 6.90. The van der Waals surface area contributed by atoms with Gasteiger partial charge in [-0.15, -0.1) is 0 Å². The molecule has 3 fully saturated rings. The lowest BCUT2D eigenvalue weighted by molar-refractivity contribution is 0.100. The number of hydrogen-bond donors (Lipinski definition) is 3. The van der Waals surface area contributed by atoms with Gasteiger partial charge in [0.1, 0.15) is 5.82 Å². The van der Waals surface area contributed by atoms with Crippen molar-refractivity contribution in [2.75, 3.05) is 47.8 Å². The zero-order chi connectivity index (χ0) is 27.8. The summed E-state index contributed by atoms with van der Waals surface area (Å²) >= 11 is 0. The number of hydrogen-bond acceptors (Lipinski definition) is 9. The van der Waals surface area contributed by atoms with Crippen molar-refractivity contribution in [2.45, 2.75) is 69.9 Å². The molecule has 1 unspecified atom stereocenters. The molecule has 0 radical (unpaired) electrons. The van der Waals surface area contributed by atoms with Gasteiger partial charge < -0.3 is 25.3 Å². The van der Waals surface area contributed by atoms with E-state index in [0.717, 1.165) is 87.5 Å². The van der Waals surface area contributed by atoms with Crippen LogP contribution in [0.5, 0.6) is 0 Å². The number of pyridine rings is 1. The third-order valence-corrected chi connectivity index (χ3v) is 9.60. The van der Waals surface area contributed by atoms with Crippen molar-refractivity contribution in [2.24, 2.45) is 5.92 Å². The molecule has 0 amide bonds. The highest BCUT2D eigenvalue weighted by Crippen LogP contribution is 2.46. The zero-order valence-electron chi connectivity index (χ0n) is 23.7. The number of fused-ring (bicyclic) bond motifs is 3. The Morgan fingerprint density at radius 2 is 1.66 bits per heavy atom. The van der Waals surface area contributed by atoms with Gasteiger partial charge in [0.15, 0.2) is 6.23 Å². The van der Waals surface area contributed by atoms with Gasteiger partial charge in [0, 0.05) is 80.7 Å². The molecule has 3 N–H and O–H groups in total. The smallest absolute Gasteiger partial charge is 0.224 e. The van der Waals surface area contributed by atoms with E-state index < -0.39 is 6.23 Å². The molecular weight excluding hydrogens is 514 g/mol. The van der Waals surface area contributed by atoms with E-state index in [-0.39, 0.29) is 12.1 Å². The number of nitrogens with one attached hydrogen (secondary N) is 1. The van der Waals surface area contributed by atoms with Crippen LogP contribution in [0.1, 0.15) is 62.3 Å². The molecule has 9 heteroatoms. The number of nitrogens with zero attached hydrogens (tertiary/aromatic N) is 6. The summed E-state index contributed by atoms with van der Waals surface area (Å²) in [6.07, 6.45) is 11.6. The van der Waals surface area contributed by atoms with E-state index in [1.165, 1.54) is 30.5 Å². The van der Waals surface area contributed by atoms with Gasteiger partial charge in [-0.2, -0.15) is 4.98 Å². The molecule has 0 spiro atoms. The van der Waals surface area contributed by atoms with Crippen molar-refractivity contribution >= 4 is 17.5 Å². The second-order valence-corrected chi connectivity index (χ2v) is 12.2. The molecule has 2 saturated carbocycles. The minimum Gasteiger partial charge on any atom is -0.393 e. The number of aliphatic hydroxyl groups excluding tert-OH is 2. The summed E-state index contributed by atoms with van der Waals surface area (Å²) < 4.78 is 0. The van der Waals surface area contributed by atoms with Gasteiger partial charge in [-0.1, -0.05) is 18.6 Å². The number of anilines is 3. The molecule has 216 valence electrons. The maximum atomic E-state index is 11.9. The van der Waals surface area contributed by atoms with Gasteiger partial charge >= 0.3 is 0 Å². The van der Waals surface area contributed by atoms with E-state index in [1.807, 2.05) is 18.6 Å². The highest BCUT2D eigenvalue weighted by Gasteiger charge is 2.37. The molecule has 4 aliphatic rings. The second-order valence-electron chi connectivity index (χ2n) is 12.2. The van der Waals surface area contributed by atoms with Crippen LogP contribution in [0.2, 0.25) is 0 Å². The Bertz CT molecular complexity index is 1340. The van der Waals surface area contributed by atoms with Crippen molar-refractivity contribution in [1.29, 1.82) is 0 Å². The van der Waals surface area contributed by atoms with Crippen LogP contribution in [0, 0.1) is 5.92 Å². The van der Waals surface area contributed by atoms with Crippen LogP contribution in [0.25, 0.3) is 11.1 Å². The van der Waals surface area contributed by atoms with Gasteiger partial charge in [-0.05, 0) is 73.8 Å². The van der Waals surface area contributed by atoms with Gasteiger partial charge in [-0.25, -0.2) is 4.98 Å². The first-order valence-corrected chi connectivity index (χ1v) is 15.4. The first-order valence-electron chi connectivity index (χ1n) is 15.4. The van der Waals surface area contributed by atoms with Crippen LogP contribution in [0.15, 0.2) is 48.9 Å². The van der Waals surface area contributed by atoms with E-state index >= 15 is 0 Å². The number of rotatable bonds is 7. The van der Waals surface area contributed by atoms with Crippen molar-refractivity contribution in [1.82, 2.24) is 19.9 Å². The van der Waals surface area contributed by atoms with Crippen LogP contribution in [0.4, 0.5) is 17.5 Å². The van der Waals surface area contributed by atoms with Gasteiger partial charge in [-0.3, -0.25) is 9.88 Å². The van der Waals surface area contributed by atoms with Gasteiger partial charge in [0.2, 0.25) is 5.95 Å². The molecule has 0 bridgehead atoms. The topological polar surface area (TPSA) is 101 Å². The minimum absolute atomic E-state index is 0.125. The molecular formula is C32H41N7O2. The summed E-state index contributed by atoms with van der Waals surface area (Å²) in [6, 6.07) is 10.8. The summed E-state index contributed by atoms with van der Waals surface area (Å²) in [7, 11) is 0.